The highest BCUT2D eigenvalue weighted by Crippen LogP contribution is 2.27. The van der Waals surface area contributed by atoms with Crippen molar-refractivity contribution in [1.29, 1.82) is 0 Å². The monoisotopic (exact) mass is 344 g/mol. The third kappa shape index (κ3) is 3.60. The minimum Gasteiger partial charge on any atom is -0.369 e. The topological polar surface area (TPSA) is 86.9 Å². The lowest BCUT2D eigenvalue weighted by atomic mass is 10.1. The maximum atomic E-state index is 12.1. The molecule has 1 aromatic rings. The number of carbonyl (C=O) groups excluding carboxylic acids is 3. The summed E-state index contributed by atoms with van der Waals surface area (Å²) in [6.45, 7) is 5.31. The molecule has 0 spiro atoms. The predicted molar refractivity (Wildman–Crippen MR) is 95.2 cm³/mol. The number of primary amides is 1. The van der Waals surface area contributed by atoms with Crippen molar-refractivity contribution in [2.45, 2.75) is 19.8 Å². The van der Waals surface area contributed by atoms with Crippen LogP contribution in [0.1, 0.15) is 19.8 Å². The van der Waals surface area contributed by atoms with Gasteiger partial charge in [0, 0.05) is 56.9 Å². The second-order valence-electron chi connectivity index (χ2n) is 6.55. The summed E-state index contributed by atoms with van der Waals surface area (Å²) in [5, 5.41) is 0. The predicted octanol–water partition coefficient (Wildman–Crippen LogP) is 0.583. The van der Waals surface area contributed by atoms with Gasteiger partial charge in [-0.1, -0.05) is 6.92 Å². The molecule has 7 heteroatoms. The first-order chi connectivity index (χ1) is 12.0. The maximum Gasteiger partial charge on any atom is 0.227 e. The van der Waals surface area contributed by atoms with Gasteiger partial charge in [0.15, 0.2) is 0 Å². The van der Waals surface area contributed by atoms with Crippen molar-refractivity contribution in [1.82, 2.24) is 4.90 Å². The molecule has 1 atom stereocenters. The fourth-order valence-corrected chi connectivity index (χ4v) is 3.43. The Bertz CT molecular complexity index is 665. The summed E-state index contributed by atoms with van der Waals surface area (Å²) in [4.78, 5) is 40.9. The average Bonchev–Trinajstić information content (AvgIpc) is 3.03. The number of nitrogens with zero attached hydrogens (tertiary/aromatic N) is 3. The first-order valence-electron chi connectivity index (χ1n) is 8.72. The molecular weight excluding hydrogens is 320 g/mol. The molecular formula is C18H24N4O3. The molecule has 0 bridgehead atoms. The minimum absolute atomic E-state index is 0.0664. The highest BCUT2D eigenvalue weighted by molar-refractivity contribution is 6.00. The lowest BCUT2D eigenvalue weighted by molar-refractivity contribution is -0.131. The van der Waals surface area contributed by atoms with Crippen molar-refractivity contribution in [3.8, 4) is 0 Å². The number of piperazine rings is 1. The number of carbonyl (C=O) groups is 3. The molecule has 1 aromatic carbocycles. The van der Waals surface area contributed by atoms with Crippen LogP contribution in [0.4, 0.5) is 11.4 Å². The van der Waals surface area contributed by atoms with Crippen LogP contribution in [0.3, 0.4) is 0 Å². The van der Waals surface area contributed by atoms with Crippen molar-refractivity contribution in [2.75, 3.05) is 42.5 Å². The van der Waals surface area contributed by atoms with E-state index in [1.807, 2.05) is 36.1 Å². The molecule has 3 rings (SSSR count). The summed E-state index contributed by atoms with van der Waals surface area (Å²) in [5.41, 5.74) is 7.18. The van der Waals surface area contributed by atoms with E-state index in [4.69, 9.17) is 5.73 Å². The van der Waals surface area contributed by atoms with Crippen LogP contribution in [0.15, 0.2) is 24.3 Å². The van der Waals surface area contributed by atoms with Crippen LogP contribution in [-0.2, 0) is 14.4 Å². The van der Waals surface area contributed by atoms with E-state index >= 15 is 0 Å². The molecule has 2 aliphatic rings. The second-order valence-corrected chi connectivity index (χ2v) is 6.55. The average molecular weight is 344 g/mol. The number of hydrogen-bond acceptors (Lipinski definition) is 4. The Morgan fingerprint density at radius 1 is 1.08 bits per heavy atom. The Labute approximate surface area is 147 Å². The Morgan fingerprint density at radius 2 is 1.68 bits per heavy atom. The molecule has 25 heavy (non-hydrogen) atoms. The smallest absolute Gasteiger partial charge is 0.227 e. The molecule has 0 saturated carbocycles. The van der Waals surface area contributed by atoms with Gasteiger partial charge in [-0.25, -0.2) is 0 Å². The van der Waals surface area contributed by atoms with Crippen molar-refractivity contribution in [3.05, 3.63) is 24.3 Å². The highest BCUT2D eigenvalue weighted by atomic mass is 16.2. The van der Waals surface area contributed by atoms with E-state index in [0.29, 0.717) is 13.0 Å². The van der Waals surface area contributed by atoms with E-state index in [0.717, 1.165) is 37.6 Å². The Morgan fingerprint density at radius 3 is 2.20 bits per heavy atom. The SMILES string of the molecule is CCC(=O)N1CCN(c2ccc(N3C[C@H](C(N)=O)CC3=O)cc2)CC1. The third-order valence-electron chi connectivity index (χ3n) is 4.99. The molecule has 3 amide bonds. The zero-order valence-electron chi connectivity index (χ0n) is 14.5. The molecule has 7 nitrogen and oxygen atoms in total. The number of nitrogens with two attached hydrogens (primary N) is 1. The van der Waals surface area contributed by atoms with Crippen LogP contribution < -0.4 is 15.5 Å². The van der Waals surface area contributed by atoms with Crippen molar-refractivity contribution in [2.24, 2.45) is 11.7 Å². The highest BCUT2D eigenvalue weighted by Gasteiger charge is 2.33. The molecule has 2 heterocycles. The summed E-state index contributed by atoms with van der Waals surface area (Å²) in [5.74, 6) is -0.696. The zero-order valence-corrected chi connectivity index (χ0v) is 14.5. The van der Waals surface area contributed by atoms with Crippen molar-refractivity contribution >= 4 is 29.1 Å². The van der Waals surface area contributed by atoms with Crippen LogP contribution in [0.2, 0.25) is 0 Å². The van der Waals surface area contributed by atoms with Crippen LogP contribution in [-0.4, -0.2) is 55.3 Å². The van der Waals surface area contributed by atoms with Crippen molar-refractivity contribution < 1.29 is 14.4 Å². The van der Waals surface area contributed by atoms with Gasteiger partial charge in [-0.15, -0.1) is 0 Å². The summed E-state index contributed by atoms with van der Waals surface area (Å²) < 4.78 is 0. The van der Waals surface area contributed by atoms with E-state index in [9.17, 15) is 14.4 Å². The molecule has 2 N–H and O–H groups in total. The van der Waals surface area contributed by atoms with Crippen LogP contribution in [0.25, 0.3) is 0 Å². The first kappa shape index (κ1) is 17.3. The number of rotatable bonds is 4. The van der Waals surface area contributed by atoms with Crippen LogP contribution in [0.5, 0.6) is 0 Å². The zero-order chi connectivity index (χ0) is 18.0. The van der Waals surface area contributed by atoms with Gasteiger partial charge in [0.2, 0.25) is 17.7 Å². The molecule has 134 valence electrons. The number of hydrogen-bond donors (Lipinski definition) is 1. The molecule has 0 aromatic heterocycles. The molecule has 2 aliphatic heterocycles. The van der Waals surface area contributed by atoms with Gasteiger partial charge < -0.3 is 20.4 Å². The standard InChI is InChI=1S/C18H24N4O3/c1-2-16(23)21-9-7-20(8-10-21)14-3-5-15(6-4-14)22-12-13(18(19)25)11-17(22)24/h3-6,13H,2,7-12H2,1H3,(H2,19,25)/t13-/m1/s1. The molecule has 0 aliphatic carbocycles. The van der Waals surface area contributed by atoms with Gasteiger partial charge in [-0.3, -0.25) is 14.4 Å². The van der Waals surface area contributed by atoms with Crippen LogP contribution in [0, 0.1) is 5.92 Å². The quantitative estimate of drug-likeness (QED) is 0.866. The Balaban J connectivity index is 1.63. The first-order valence-corrected chi connectivity index (χ1v) is 8.72. The van der Waals surface area contributed by atoms with Gasteiger partial charge in [0.05, 0.1) is 5.92 Å². The van der Waals surface area contributed by atoms with Crippen molar-refractivity contribution in [3.63, 3.8) is 0 Å². The van der Waals surface area contributed by atoms with E-state index < -0.39 is 11.8 Å². The molecule has 2 saturated heterocycles. The van der Waals surface area contributed by atoms with Gasteiger partial charge in [0.1, 0.15) is 0 Å². The Hall–Kier alpha value is -2.57. The molecule has 0 radical (unpaired) electrons. The van der Waals surface area contributed by atoms with Crippen LogP contribution >= 0.6 is 0 Å². The summed E-state index contributed by atoms with van der Waals surface area (Å²) in [7, 11) is 0. The number of anilines is 2. The number of amides is 3. The van der Waals surface area contributed by atoms with Gasteiger partial charge in [0.25, 0.3) is 0 Å². The third-order valence-corrected chi connectivity index (χ3v) is 4.99. The summed E-state index contributed by atoms with van der Waals surface area (Å²) in [6, 6.07) is 7.77. The van der Waals surface area contributed by atoms with E-state index in [1.54, 1.807) is 4.90 Å². The normalized spacial score (nSPS) is 20.9. The summed E-state index contributed by atoms with van der Waals surface area (Å²) >= 11 is 0. The fraction of sp³-hybridized carbons (Fsp3) is 0.500. The number of benzene rings is 1. The summed E-state index contributed by atoms with van der Waals surface area (Å²) in [6.07, 6.45) is 0.732. The Kier molecular flexibility index (Phi) is 4.92. The molecule has 2 fully saturated rings. The largest absolute Gasteiger partial charge is 0.369 e. The lowest BCUT2D eigenvalue weighted by Crippen LogP contribution is -2.48. The lowest BCUT2D eigenvalue weighted by Gasteiger charge is -2.36. The van der Waals surface area contributed by atoms with Gasteiger partial charge in [-0.2, -0.15) is 0 Å². The van der Waals surface area contributed by atoms with E-state index in [1.165, 1.54) is 0 Å². The van der Waals surface area contributed by atoms with E-state index in [-0.39, 0.29) is 18.2 Å². The van der Waals surface area contributed by atoms with E-state index in [2.05, 4.69) is 4.90 Å². The van der Waals surface area contributed by atoms with Gasteiger partial charge >= 0.3 is 0 Å². The maximum absolute atomic E-state index is 12.1. The molecule has 0 unspecified atom stereocenters. The minimum atomic E-state index is -0.424. The second kappa shape index (κ2) is 7.13. The van der Waals surface area contributed by atoms with Gasteiger partial charge in [-0.05, 0) is 24.3 Å². The fourth-order valence-electron chi connectivity index (χ4n) is 3.43.